The Kier molecular flexibility index (Phi) is 3.26. The lowest BCUT2D eigenvalue weighted by Gasteiger charge is -2.38. The van der Waals surface area contributed by atoms with E-state index in [4.69, 9.17) is 9.47 Å². The van der Waals surface area contributed by atoms with Crippen molar-refractivity contribution < 1.29 is 14.3 Å². The monoisotopic (exact) mass is 338 g/mol. The average Bonchev–Trinajstić information content (AvgIpc) is 3.13. The lowest BCUT2D eigenvalue weighted by Crippen LogP contribution is -2.50. The van der Waals surface area contributed by atoms with Crippen LogP contribution in [0.4, 0.5) is 0 Å². The van der Waals surface area contributed by atoms with Crippen LogP contribution in [-0.4, -0.2) is 45.7 Å². The average molecular weight is 338 g/mol. The summed E-state index contributed by atoms with van der Waals surface area (Å²) in [5, 5.41) is 8.43. The molecule has 1 saturated carbocycles. The van der Waals surface area contributed by atoms with Crippen molar-refractivity contribution in [3.63, 3.8) is 0 Å². The molecule has 2 aliphatic heterocycles. The van der Waals surface area contributed by atoms with Gasteiger partial charge in [-0.25, -0.2) is 4.68 Å². The molecule has 1 aromatic carbocycles. The lowest BCUT2D eigenvalue weighted by molar-refractivity contribution is -0.131. The first kappa shape index (κ1) is 14.5. The van der Waals surface area contributed by atoms with E-state index in [1.165, 1.54) is 12.8 Å². The highest BCUT2D eigenvalue weighted by atomic mass is 16.7. The van der Waals surface area contributed by atoms with Crippen LogP contribution in [0.25, 0.3) is 6.08 Å². The molecule has 7 heteroatoms. The number of benzene rings is 1. The van der Waals surface area contributed by atoms with Crippen LogP contribution in [0.1, 0.15) is 36.1 Å². The first-order valence-corrected chi connectivity index (χ1v) is 8.54. The number of rotatable bonds is 4. The van der Waals surface area contributed by atoms with Gasteiger partial charge in [-0.1, -0.05) is 11.3 Å². The fourth-order valence-corrected chi connectivity index (χ4v) is 3.13. The Morgan fingerprint density at radius 3 is 2.88 bits per heavy atom. The fraction of sp³-hybridized carbons (Fsp3) is 0.389. The smallest absolute Gasteiger partial charge is 0.246 e. The van der Waals surface area contributed by atoms with Crippen LogP contribution in [0, 0.1) is 0 Å². The van der Waals surface area contributed by atoms with Gasteiger partial charge >= 0.3 is 0 Å². The molecule has 1 amide bonds. The zero-order valence-corrected chi connectivity index (χ0v) is 13.7. The van der Waals surface area contributed by atoms with Crippen molar-refractivity contribution in [2.45, 2.75) is 24.8 Å². The number of hydrogen-bond donors (Lipinski definition) is 0. The van der Waals surface area contributed by atoms with Crippen LogP contribution in [0.15, 0.2) is 30.5 Å². The first-order valence-electron chi connectivity index (χ1n) is 8.54. The molecule has 3 heterocycles. The molecule has 1 saturated heterocycles. The Labute approximate surface area is 144 Å². The van der Waals surface area contributed by atoms with E-state index in [-0.39, 0.29) is 18.7 Å². The molecular weight excluding hydrogens is 320 g/mol. The zero-order valence-electron chi connectivity index (χ0n) is 13.7. The molecule has 0 unspecified atom stereocenters. The summed E-state index contributed by atoms with van der Waals surface area (Å²) in [4.78, 5) is 14.1. The van der Waals surface area contributed by atoms with Crippen LogP contribution in [0.5, 0.6) is 11.5 Å². The number of likely N-dealkylation sites (tertiary alicyclic amines) is 1. The molecule has 0 N–H and O–H groups in total. The van der Waals surface area contributed by atoms with Crippen molar-refractivity contribution in [2.75, 3.05) is 19.9 Å². The van der Waals surface area contributed by atoms with E-state index in [9.17, 15) is 4.79 Å². The van der Waals surface area contributed by atoms with Gasteiger partial charge in [0.2, 0.25) is 12.7 Å². The van der Waals surface area contributed by atoms with Gasteiger partial charge < -0.3 is 14.4 Å². The summed E-state index contributed by atoms with van der Waals surface area (Å²) in [6.45, 7) is 1.61. The summed E-state index contributed by atoms with van der Waals surface area (Å²) in [5.41, 5.74) is 2.01. The van der Waals surface area contributed by atoms with Crippen LogP contribution in [0.2, 0.25) is 0 Å². The fourth-order valence-electron chi connectivity index (χ4n) is 3.13. The number of ether oxygens (including phenoxy) is 2. The van der Waals surface area contributed by atoms with E-state index >= 15 is 0 Å². The topological polar surface area (TPSA) is 69.5 Å². The van der Waals surface area contributed by atoms with Crippen molar-refractivity contribution in [1.29, 1.82) is 0 Å². The van der Waals surface area contributed by atoms with Crippen molar-refractivity contribution in [1.82, 2.24) is 19.9 Å². The van der Waals surface area contributed by atoms with Gasteiger partial charge in [0.05, 0.1) is 11.7 Å². The molecule has 0 bridgehead atoms. The molecule has 1 aliphatic carbocycles. The summed E-state index contributed by atoms with van der Waals surface area (Å²) in [6.07, 6.45) is 7.88. The summed E-state index contributed by atoms with van der Waals surface area (Å²) in [7, 11) is 0. The van der Waals surface area contributed by atoms with Crippen LogP contribution < -0.4 is 9.47 Å². The number of carbonyl (C=O) groups excluding carboxylic acids is 1. The van der Waals surface area contributed by atoms with E-state index in [0.29, 0.717) is 19.0 Å². The summed E-state index contributed by atoms with van der Waals surface area (Å²) < 4.78 is 12.5. The maximum absolute atomic E-state index is 12.3. The van der Waals surface area contributed by atoms with Gasteiger partial charge in [0.15, 0.2) is 11.5 Å². The van der Waals surface area contributed by atoms with E-state index in [2.05, 4.69) is 10.3 Å². The van der Waals surface area contributed by atoms with E-state index < -0.39 is 0 Å². The molecule has 128 valence electrons. The van der Waals surface area contributed by atoms with Gasteiger partial charge in [-0.2, -0.15) is 0 Å². The third kappa shape index (κ3) is 2.75. The standard InChI is InChI=1S/C18H18N4O3/c23-18(6-2-12-1-5-16-17(7-12)25-11-24-16)21-8-14(9-21)22-10-15(19-20-22)13-3-4-13/h1-2,5-7,10,13-14H,3-4,8-9,11H2/b6-2+. The molecule has 0 radical (unpaired) electrons. The zero-order chi connectivity index (χ0) is 16.8. The number of fused-ring (bicyclic) bond motifs is 1. The molecule has 0 atom stereocenters. The number of amides is 1. The Morgan fingerprint density at radius 1 is 1.20 bits per heavy atom. The molecule has 5 rings (SSSR count). The quantitative estimate of drug-likeness (QED) is 0.798. The minimum atomic E-state index is 0.0106. The van der Waals surface area contributed by atoms with E-state index in [1.54, 1.807) is 12.2 Å². The van der Waals surface area contributed by atoms with Crippen molar-refractivity contribution in [3.8, 4) is 11.5 Å². The molecule has 25 heavy (non-hydrogen) atoms. The van der Waals surface area contributed by atoms with Gasteiger partial charge in [0.25, 0.3) is 0 Å². The molecule has 7 nitrogen and oxygen atoms in total. The highest BCUT2D eigenvalue weighted by Gasteiger charge is 2.33. The number of aromatic nitrogens is 3. The lowest BCUT2D eigenvalue weighted by atomic mass is 10.1. The summed E-state index contributed by atoms with van der Waals surface area (Å²) in [6, 6.07) is 5.88. The van der Waals surface area contributed by atoms with Crippen molar-refractivity contribution in [2.24, 2.45) is 0 Å². The molecule has 1 aromatic heterocycles. The summed E-state index contributed by atoms with van der Waals surface area (Å²) in [5.74, 6) is 2.08. The largest absolute Gasteiger partial charge is 0.454 e. The van der Waals surface area contributed by atoms with Gasteiger partial charge in [-0.15, -0.1) is 5.10 Å². The molecule has 2 aromatic rings. The third-order valence-electron chi connectivity index (χ3n) is 4.89. The highest BCUT2D eigenvalue weighted by molar-refractivity contribution is 5.92. The van der Waals surface area contributed by atoms with Crippen molar-refractivity contribution in [3.05, 3.63) is 41.7 Å². The highest BCUT2D eigenvalue weighted by Crippen LogP contribution is 2.39. The normalized spacial score (nSPS) is 19.4. The number of carbonyl (C=O) groups is 1. The van der Waals surface area contributed by atoms with E-state index in [0.717, 1.165) is 22.8 Å². The van der Waals surface area contributed by atoms with Crippen LogP contribution >= 0.6 is 0 Å². The summed E-state index contributed by atoms with van der Waals surface area (Å²) >= 11 is 0. The maximum Gasteiger partial charge on any atom is 0.246 e. The number of nitrogens with zero attached hydrogens (tertiary/aromatic N) is 4. The van der Waals surface area contributed by atoms with Gasteiger partial charge in [0, 0.05) is 31.3 Å². The van der Waals surface area contributed by atoms with E-state index in [1.807, 2.05) is 34.0 Å². The second-order valence-corrected chi connectivity index (χ2v) is 6.74. The minimum absolute atomic E-state index is 0.0106. The third-order valence-corrected chi connectivity index (χ3v) is 4.89. The molecular formula is C18H18N4O3. The Bertz CT molecular complexity index is 850. The molecule has 0 spiro atoms. The second kappa shape index (κ2) is 5.61. The van der Waals surface area contributed by atoms with Crippen LogP contribution in [0.3, 0.4) is 0 Å². The predicted octanol–water partition coefficient (Wildman–Crippen LogP) is 1.98. The van der Waals surface area contributed by atoms with Gasteiger partial charge in [-0.3, -0.25) is 4.79 Å². The second-order valence-electron chi connectivity index (χ2n) is 6.74. The Hall–Kier alpha value is -2.83. The number of hydrogen-bond acceptors (Lipinski definition) is 5. The minimum Gasteiger partial charge on any atom is -0.454 e. The van der Waals surface area contributed by atoms with Gasteiger partial charge in [-0.05, 0) is 36.6 Å². The van der Waals surface area contributed by atoms with Gasteiger partial charge in [0.1, 0.15) is 0 Å². The Morgan fingerprint density at radius 2 is 2.04 bits per heavy atom. The first-order chi connectivity index (χ1) is 12.3. The molecule has 2 fully saturated rings. The SMILES string of the molecule is O=C(/C=C/c1ccc2c(c1)OCO2)N1CC(n2cc(C3CC3)nn2)C1. The molecule has 3 aliphatic rings. The maximum atomic E-state index is 12.3. The van der Waals surface area contributed by atoms with Crippen LogP contribution in [-0.2, 0) is 4.79 Å². The Balaban J connectivity index is 1.18. The predicted molar refractivity (Wildman–Crippen MR) is 89.2 cm³/mol. The van der Waals surface area contributed by atoms with Crippen molar-refractivity contribution >= 4 is 12.0 Å².